The van der Waals surface area contributed by atoms with Crippen LogP contribution in [0.4, 0.5) is 4.79 Å². The lowest BCUT2D eigenvalue weighted by molar-refractivity contribution is -0.137. The highest BCUT2D eigenvalue weighted by Crippen LogP contribution is 1.98. The molecule has 6 nitrogen and oxygen atoms in total. The molecule has 6 heteroatoms. The van der Waals surface area contributed by atoms with Crippen LogP contribution < -0.4 is 10.6 Å². The largest absolute Gasteiger partial charge is 0.481 e. The van der Waals surface area contributed by atoms with Gasteiger partial charge in [0, 0.05) is 19.6 Å². The van der Waals surface area contributed by atoms with Crippen molar-refractivity contribution in [1.29, 1.82) is 0 Å². The second-order valence-electron chi connectivity index (χ2n) is 4.12. The number of amides is 2. The summed E-state index contributed by atoms with van der Waals surface area (Å²) < 4.78 is 5.15. The molecule has 0 aliphatic heterocycles. The predicted octanol–water partition coefficient (Wildman–Crippen LogP) is 0.821. The maximum absolute atomic E-state index is 11.4. The maximum Gasteiger partial charge on any atom is 0.315 e. The Morgan fingerprint density at radius 2 is 2.00 bits per heavy atom. The molecule has 0 aromatic rings. The van der Waals surface area contributed by atoms with E-state index in [4.69, 9.17) is 9.84 Å². The van der Waals surface area contributed by atoms with Crippen molar-refractivity contribution in [2.45, 2.75) is 33.2 Å². The SMILES string of the molecule is CCOCC(C)NC(=O)NCC(C)CC(=O)O. The van der Waals surface area contributed by atoms with Gasteiger partial charge in [0.25, 0.3) is 0 Å². The van der Waals surface area contributed by atoms with Crippen LogP contribution in [0.2, 0.25) is 0 Å². The van der Waals surface area contributed by atoms with Crippen molar-refractivity contribution in [1.82, 2.24) is 10.6 Å². The Morgan fingerprint density at radius 1 is 1.35 bits per heavy atom. The van der Waals surface area contributed by atoms with E-state index in [-0.39, 0.29) is 24.4 Å². The fourth-order valence-electron chi connectivity index (χ4n) is 1.25. The van der Waals surface area contributed by atoms with Crippen LogP contribution in [-0.2, 0) is 9.53 Å². The average Bonchev–Trinajstić information content (AvgIpc) is 2.22. The van der Waals surface area contributed by atoms with E-state index >= 15 is 0 Å². The van der Waals surface area contributed by atoms with Crippen LogP contribution >= 0.6 is 0 Å². The first-order chi connectivity index (χ1) is 7.95. The molecule has 2 atom stereocenters. The van der Waals surface area contributed by atoms with Crippen molar-refractivity contribution in [2.75, 3.05) is 19.8 Å². The molecule has 0 heterocycles. The van der Waals surface area contributed by atoms with Crippen molar-refractivity contribution >= 4 is 12.0 Å². The number of rotatable bonds is 8. The molecule has 0 aliphatic rings. The van der Waals surface area contributed by atoms with Gasteiger partial charge in [0.1, 0.15) is 0 Å². The van der Waals surface area contributed by atoms with E-state index in [1.54, 1.807) is 6.92 Å². The zero-order chi connectivity index (χ0) is 13.3. The molecule has 3 N–H and O–H groups in total. The molecule has 0 aliphatic carbocycles. The number of carboxylic acid groups (broad SMARTS) is 1. The van der Waals surface area contributed by atoms with Crippen molar-refractivity contribution in [3.8, 4) is 0 Å². The minimum atomic E-state index is -0.857. The van der Waals surface area contributed by atoms with Crippen LogP contribution in [-0.4, -0.2) is 42.9 Å². The summed E-state index contributed by atoms with van der Waals surface area (Å²) in [5.74, 6) is -0.940. The highest BCUT2D eigenvalue weighted by Gasteiger charge is 2.10. The summed E-state index contributed by atoms with van der Waals surface area (Å²) in [5.41, 5.74) is 0. The quantitative estimate of drug-likeness (QED) is 0.591. The van der Waals surface area contributed by atoms with Gasteiger partial charge in [0.05, 0.1) is 12.6 Å². The summed E-state index contributed by atoms with van der Waals surface area (Å²) in [6.07, 6.45) is 0.0504. The molecule has 0 saturated heterocycles. The van der Waals surface area contributed by atoms with Crippen molar-refractivity contribution in [2.24, 2.45) is 5.92 Å². The first kappa shape index (κ1) is 15.7. The molecule has 17 heavy (non-hydrogen) atoms. The Morgan fingerprint density at radius 3 is 2.53 bits per heavy atom. The van der Waals surface area contributed by atoms with E-state index in [9.17, 15) is 9.59 Å². The third-order valence-electron chi connectivity index (χ3n) is 2.08. The zero-order valence-electron chi connectivity index (χ0n) is 10.7. The molecule has 100 valence electrons. The number of carbonyl (C=O) groups excluding carboxylic acids is 1. The molecule has 0 saturated carbocycles. The van der Waals surface area contributed by atoms with E-state index in [0.29, 0.717) is 19.8 Å². The monoisotopic (exact) mass is 246 g/mol. The minimum absolute atomic E-state index is 0.0504. The molecule has 2 unspecified atom stereocenters. The van der Waals surface area contributed by atoms with Gasteiger partial charge >= 0.3 is 12.0 Å². The van der Waals surface area contributed by atoms with Gasteiger partial charge in [-0.15, -0.1) is 0 Å². The van der Waals surface area contributed by atoms with E-state index in [1.165, 1.54) is 0 Å². The van der Waals surface area contributed by atoms with Gasteiger partial charge in [-0.25, -0.2) is 4.79 Å². The van der Waals surface area contributed by atoms with Gasteiger partial charge in [-0.05, 0) is 19.8 Å². The molecule has 0 bridgehead atoms. The number of ether oxygens (including phenoxy) is 1. The Labute approximate surface area is 102 Å². The molecule has 0 fully saturated rings. The highest BCUT2D eigenvalue weighted by atomic mass is 16.5. The molecule has 0 spiro atoms. The zero-order valence-corrected chi connectivity index (χ0v) is 10.7. The van der Waals surface area contributed by atoms with Crippen LogP contribution in [0.5, 0.6) is 0 Å². The summed E-state index contributed by atoms with van der Waals surface area (Å²) in [6, 6.07) is -0.362. The summed E-state index contributed by atoms with van der Waals surface area (Å²) in [7, 11) is 0. The van der Waals surface area contributed by atoms with Crippen LogP contribution in [0.1, 0.15) is 27.2 Å². The molecular formula is C11H22N2O4. The summed E-state index contributed by atoms with van der Waals surface area (Å²) >= 11 is 0. The Kier molecular flexibility index (Phi) is 8.13. The number of nitrogens with one attached hydrogen (secondary N) is 2. The fraction of sp³-hybridized carbons (Fsp3) is 0.818. The Balaban J connectivity index is 3.68. The Bertz CT molecular complexity index is 246. The van der Waals surface area contributed by atoms with Gasteiger partial charge in [0.2, 0.25) is 0 Å². The van der Waals surface area contributed by atoms with Crippen LogP contribution in [0.3, 0.4) is 0 Å². The normalized spacial score (nSPS) is 13.8. The van der Waals surface area contributed by atoms with Gasteiger partial charge in [-0.3, -0.25) is 4.79 Å². The van der Waals surface area contributed by atoms with Crippen molar-refractivity contribution in [3.05, 3.63) is 0 Å². The average molecular weight is 246 g/mol. The maximum atomic E-state index is 11.4. The second kappa shape index (κ2) is 8.81. The molecule has 0 aromatic heterocycles. The van der Waals surface area contributed by atoms with Gasteiger partial charge in [-0.1, -0.05) is 6.92 Å². The van der Waals surface area contributed by atoms with Gasteiger partial charge in [-0.2, -0.15) is 0 Å². The number of carbonyl (C=O) groups is 2. The molecule has 0 radical (unpaired) electrons. The number of hydrogen-bond acceptors (Lipinski definition) is 3. The number of carboxylic acids is 1. The predicted molar refractivity (Wildman–Crippen MR) is 63.9 cm³/mol. The van der Waals surface area contributed by atoms with Crippen LogP contribution in [0, 0.1) is 5.92 Å². The van der Waals surface area contributed by atoms with Gasteiger partial charge in [0.15, 0.2) is 0 Å². The lowest BCUT2D eigenvalue weighted by Gasteiger charge is -2.15. The Hall–Kier alpha value is -1.30. The lowest BCUT2D eigenvalue weighted by Crippen LogP contribution is -2.44. The number of urea groups is 1. The van der Waals surface area contributed by atoms with E-state index in [1.807, 2.05) is 13.8 Å². The molecular weight excluding hydrogens is 224 g/mol. The van der Waals surface area contributed by atoms with Crippen LogP contribution in [0.25, 0.3) is 0 Å². The van der Waals surface area contributed by atoms with E-state index in [2.05, 4.69) is 10.6 Å². The van der Waals surface area contributed by atoms with Crippen molar-refractivity contribution < 1.29 is 19.4 Å². The smallest absolute Gasteiger partial charge is 0.315 e. The second-order valence-corrected chi connectivity index (χ2v) is 4.12. The summed E-state index contributed by atoms with van der Waals surface area (Å²) in [5, 5.41) is 13.9. The lowest BCUT2D eigenvalue weighted by atomic mass is 10.1. The summed E-state index contributed by atoms with van der Waals surface area (Å²) in [4.78, 5) is 21.8. The van der Waals surface area contributed by atoms with E-state index < -0.39 is 5.97 Å². The number of aliphatic carboxylic acids is 1. The third-order valence-corrected chi connectivity index (χ3v) is 2.08. The van der Waals surface area contributed by atoms with E-state index in [0.717, 1.165) is 0 Å². The standard InChI is InChI=1S/C11H22N2O4/c1-4-17-7-9(3)13-11(16)12-6-8(2)5-10(14)15/h8-9H,4-7H2,1-3H3,(H,14,15)(H2,12,13,16). The first-order valence-corrected chi connectivity index (χ1v) is 5.79. The number of hydrogen-bond donors (Lipinski definition) is 3. The van der Waals surface area contributed by atoms with Crippen molar-refractivity contribution in [3.63, 3.8) is 0 Å². The highest BCUT2D eigenvalue weighted by molar-refractivity contribution is 5.74. The third kappa shape index (κ3) is 9.62. The molecule has 2 amide bonds. The topological polar surface area (TPSA) is 87.7 Å². The summed E-state index contributed by atoms with van der Waals surface area (Å²) in [6.45, 7) is 6.94. The fourth-order valence-corrected chi connectivity index (χ4v) is 1.25. The van der Waals surface area contributed by atoms with Gasteiger partial charge < -0.3 is 20.5 Å². The first-order valence-electron chi connectivity index (χ1n) is 5.79. The van der Waals surface area contributed by atoms with Crippen LogP contribution in [0.15, 0.2) is 0 Å². The minimum Gasteiger partial charge on any atom is -0.481 e. The molecule has 0 aromatic carbocycles. The molecule has 0 rings (SSSR count).